The topological polar surface area (TPSA) is 99.2 Å². The number of anilines is 2. The number of carbonyl (C=O) groups is 1. The molecule has 4 rings (SSSR count). The van der Waals surface area contributed by atoms with Crippen LogP contribution in [0.5, 0.6) is 5.75 Å². The summed E-state index contributed by atoms with van der Waals surface area (Å²) in [7, 11) is 1.58. The lowest BCUT2D eigenvalue weighted by molar-refractivity contribution is 0.0383. The minimum atomic E-state index is -0.173. The summed E-state index contributed by atoms with van der Waals surface area (Å²) < 4.78 is 10.6. The molecule has 2 saturated heterocycles. The maximum Gasteiger partial charge on any atom is 0.255 e. The van der Waals surface area contributed by atoms with Gasteiger partial charge in [0.2, 0.25) is 0 Å². The molecule has 2 fully saturated rings. The van der Waals surface area contributed by atoms with Gasteiger partial charge in [-0.15, -0.1) is 0 Å². The van der Waals surface area contributed by atoms with E-state index in [-0.39, 0.29) is 18.6 Å². The van der Waals surface area contributed by atoms with Crippen LogP contribution < -0.4 is 20.3 Å². The van der Waals surface area contributed by atoms with E-state index in [2.05, 4.69) is 20.4 Å². The van der Waals surface area contributed by atoms with Crippen LogP contribution in [0.3, 0.4) is 0 Å². The maximum absolute atomic E-state index is 13.1. The number of aromatic nitrogens is 1. The van der Waals surface area contributed by atoms with Crippen molar-refractivity contribution < 1.29 is 19.4 Å². The molecular weight excluding hydrogens is 470 g/mol. The van der Waals surface area contributed by atoms with Crippen LogP contribution in [-0.2, 0) is 11.3 Å². The fourth-order valence-electron chi connectivity index (χ4n) is 4.51. The molecule has 35 heavy (non-hydrogen) atoms. The van der Waals surface area contributed by atoms with Crippen molar-refractivity contribution in [3.8, 4) is 5.75 Å². The van der Waals surface area contributed by atoms with Crippen molar-refractivity contribution in [3.63, 3.8) is 0 Å². The van der Waals surface area contributed by atoms with Crippen molar-refractivity contribution in [1.82, 2.24) is 15.2 Å². The highest BCUT2D eigenvalue weighted by Gasteiger charge is 2.26. The van der Waals surface area contributed by atoms with Crippen molar-refractivity contribution in [2.24, 2.45) is 0 Å². The Balaban J connectivity index is 1.49. The first-order valence-corrected chi connectivity index (χ1v) is 12.5. The van der Waals surface area contributed by atoms with Crippen molar-refractivity contribution in [2.75, 3.05) is 69.9 Å². The number of morpholine rings is 1. The lowest BCUT2D eigenvalue weighted by Crippen LogP contribution is -2.41. The van der Waals surface area contributed by atoms with Crippen LogP contribution in [0.1, 0.15) is 28.8 Å². The monoisotopic (exact) mass is 503 g/mol. The first kappa shape index (κ1) is 25.5. The van der Waals surface area contributed by atoms with Gasteiger partial charge in [0, 0.05) is 39.3 Å². The van der Waals surface area contributed by atoms with Gasteiger partial charge >= 0.3 is 0 Å². The summed E-state index contributed by atoms with van der Waals surface area (Å²) in [5, 5.41) is 16.6. The van der Waals surface area contributed by atoms with E-state index in [4.69, 9.17) is 26.1 Å². The quantitative estimate of drug-likeness (QED) is 0.454. The summed E-state index contributed by atoms with van der Waals surface area (Å²) in [6.07, 6.45) is 1.93. The number of rotatable bonds is 10. The molecule has 1 atom stereocenters. The standard InChI is InChI=1S/C25H34ClN5O4/c1-34-22-6-4-18(15-21(22)26)16-28-24-20(25(33)27-8-10-30-11-13-35-14-12-30)5-7-23(29-24)31-9-2-3-19(31)17-32/h4-7,15,19,32H,2-3,8-14,16-17H2,1H3,(H,27,33)(H,28,29)/t19-/m0/s1. The second-order valence-corrected chi connectivity index (χ2v) is 9.18. The van der Waals surface area contributed by atoms with Crippen LogP contribution in [0.25, 0.3) is 0 Å². The van der Waals surface area contributed by atoms with Crippen molar-refractivity contribution in [1.29, 1.82) is 0 Å². The van der Waals surface area contributed by atoms with E-state index >= 15 is 0 Å². The van der Waals surface area contributed by atoms with Gasteiger partial charge in [-0.05, 0) is 42.7 Å². The molecule has 0 aliphatic carbocycles. The number of nitrogens with one attached hydrogen (secondary N) is 2. The predicted molar refractivity (Wildman–Crippen MR) is 137 cm³/mol. The molecule has 9 nitrogen and oxygen atoms in total. The molecule has 0 bridgehead atoms. The number of methoxy groups -OCH3 is 1. The Morgan fingerprint density at radius 2 is 2.09 bits per heavy atom. The lowest BCUT2D eigenvalue weighted by atomic mass is 10.2. The number of halogens is 1. The molecule has 3 heterocycles. The molecule has 0 radical (unpaired) electrons. The number of aliphatic hydroxyl groups excluding tert-OH is 1. The van der Waals surface area contributed by atoms with Gasteiger partial charge in [0.1, 0.15) is 17.4 Å². The number of nitrogens with zero attached hydrogens (tertiary/aromatic N) is 3. The normalized spacial score (nSPS) is 18.5. The van der Waals surface area contributed by atoms with Crippen LogP contribution in [0.15, 0.2) is 30.3 Å². The number of aliphatic hydroxyl groups is 1. The first-order chi connectivity index (χ1) is 17.1. The minimum absolute atomic E-state index is 0.0453. The van der Waals surface area contributed by atoms with Crippen molar-refractivity contribution >= 4 is 29.1 Å². The maximum atomic E-state index is 13.1. The highest BCUT2D eigenvalue weighted by molar-refractivity contribution is 6.32. The van der Waals surface area contributed by atoms with Crippen LogP contribution in [0.2, 0.25) is 5.02 Å². The molecule has 0 saturated carbocycles. The van der Waals surface area contributed by atoms with Gasteiger partial charge in [-0.2, -0.15) is 0 Å². The highest BCUT2D eigenvalue weighted by atomic mass is 35.5. The van der Waals surface area contributed by atoms with Crippen molar-refractivity contribution in [3.05, 3.63) is 46.5 Å². The van der Waals surface area contributed by atoms with Crippen LogP contribution in [0, 0.1) is 0 Å². The third-order valence-corrected chi connectivity index (χ3v) is 6.80. The molecule has 0 unspecified atom stereocenters. The zero-order valence-corrected chi connectivity index (χ0v) is 20.9. The number of ether oxygens (including phenoxy) is 2. The molecule has 1 aromatic carbocycles. The molecule has 2 aliphatic heterocycles. The first-order valence-electron chi connectivity index (χ1n) is 12.1. The summed E-state index contributed by atoms with van der Waals surface area (Å²) in [6, 6.07) is 9.29. The van der Waals surface area contributed by atoms with E-state index in [1.54, 1.807) is 7.11 Å². The zero-order chi connectivity index (χ0) is 24.6. The Bertz CT molecular complexity index is 1000. The number of benzene rings is 1. The van der Waals surface area contributed by atoms with Gasteiger partial charge in [0.25, 0.3) is 5.91 Å². The van der Waals surface area contributed by atoms with Gasteiger partial charge in [-0.1, -0.05) is 17.7 Å². The third kappa shape index (κ3) is 6.55. The second kappa shape index (κ2) is 12.4. The highest BCUT2D eigenvalue weighted by Crippen LogP contribution is 2.28. The van der Waals surface area contributed by atoms with E-state index in [0.29, 0.717) is 35.2 Å². The molecule has 2 aromatic rings. The number of amides is 1. The second-order valence-electron chi connectivity index (χ2n) is 8.77. The van der Waals surface area contributed by atoms with Gasteiger partial charge < -0.3 is 30.1 Å². The molecule has 1 amide bonds. The van der Waals surface area contributed by atoms with Crippen LogP contribution in [-0.4, -0.2) is 86.6 Å². The van der Waals surface area contributed by atoms with Gasteiger partial charge in [0.05, 0.1) is 43.6 Å². The molecule has 3 N–H and O–H groups in total. The van der Waals surface area contributed by atoms with E-state index < -0.39 is 0 Å². The molecule has 10 heteroatoms. The fraction of sp³-hybridized carbons (Fsp3) is 0.520. The Kier molecular flexibility index (Phi) is 9.03. The Labute approximate surface area is 211 Å². The van der Waals surface area contributed by atoms with Crippen LogP contribution in [0.4, 0.5) is 11.6 Å². The predicted octanol–water partition coefficient (Wildman–Crippen LogP) is 2.38. The summed E-state index contributed by atoms with van der Waals surface area (Å²) in [5.74, 6) is 1.69. The Morgan fingerprint density at radius 1 is 1.26 bits per heavy atom. The summed E-state index contributed by atoms with van der Waals surface area (Å²) in [5.41, 5.74) is 1.42. The summed E-state index contributed by atoms with van der Waals surface area (Å²) in [6.45, 7) is 5.90. The van der Waals surface area contributed by atoms with Gasteiger partial charge in [0.15, 0.2) is 0 Å². The minimum Gasteiger partial charge on any atom is -0.495 e. The van der Waals surface area contributed by atoms with Gasteiger partial charge in [-0.25, -0.2) is 4.98 Å². The van der Waals surface area contributed by atoms with Crippen molar-refractivity contribution in [2.45, 2.75) is 25.4 Å². The van der Waals surface area contributed by atoms with Gasteiger partial charge in [-0.3, -0.25) is 9.69 Å². The Morgan fingerprint density at radius 3 is 2.83 bits per heavy atom. The number of hydrogen-bond donors (Lipinski definition) is 3. The largest absolute Gasteiger partial charge is 0.495 e. The number of hydrogen-bond acceptors (Lipinski definition) is 8. The summed E-state index contributed by atoms with van der Waals surface area (Å²) >= 11 is 6.28. The smallest absolute Gasteiger partial charge is 0.255 e. The number of pyridine rings is 1. The lowest BCUT2D eigenvalue weighted by Gasteiger charge is -2.26. The van der Waals surface area contributed by atoms with Crippen LogP contribution >= 0.6 is 11.6 Å². The molecule has 2 aliphatic rings. The van der Waals surface area contributed by atoms with E-state index in [1.165, 1.54) is 0 Å². The zero-order valence-electron chi connectivity index (χ0n) is 20.1. The fourth-order valence-corrected chi connectivity index (χ4v) is 4.79. The number of carbonyl (C=O) groups excluding carboxylic acids is 1. The average molecular weight is 504 g/mol. The SMILES string of the molecule is COc1ccc(CNc2nc(N3CCC[C@H]3CO)ccc2C(=O)NCCN2CCOCC2)cc1Cl. The molecule has 190 valence electrons. The molecule has 0 spiro atoms. The molecular formula is C25H34ClN5O4. The van der Waals surface area contributed by atoms with E-state index in [0.717, 1.165) is 63.6 Å². The summed E-state index contributed by atoms with van der Waals surface area (Å²) in [4.78, 5) is 22.3. The third-order valence-electron chi connectivity index (χ3n) is 6.50. The average Bonchev–Trinajstić information content (AvgIpc) is 3.37. The van der Waals surface area contributed by atoms with E-state index in [9.17, 15) is 9.90 Å². The Hall–Kier alpha value is -2.59. The van der Waals surface area contributed by atoms with E-state index in [1.807, 2.05) is 30.3 Å². The molecule has 1 aromatic heterocycles.